The molecule has 1 aromatic carbocycles. The lowest BCUT2D eigenvalue weighted by molar-refractivity contribution is 0.0923. The quantitative estimate of drug-likeness (QED) is 0.900. The molecule has 18 heavy (non-hydrogen) atoms. The van der Waals surface area contributed by atoms with Crippen molar-refractivity contribution in [3.63, 3.8) is 0 Å². The summed E-state index contributed by atoms with van der Waals surface area (Å²) in [5.41, 5.74) is 1.86. The van der Waals surface area contributed by atoms with E-state index in [0.717, 1.165) is 16.9 Å². The van der Waals surface area contributed by atoms with Gasteiger partial charge in [0, 0.05) is 12.1 Å². The smallest absolute Gasteiger partial charge is 0.287 e. The number of hydrogen-bond donors (Lipinski definition) is 1. The molecule has 4 heteroatoms. The van der Waals surface area contributed by atoms with Crippen LogP contribution >= 0.6 is 0 Å². The number of aryl methyl sites for hydroxylation is 1. The number of para-hydroxylation sites is 1. The minimum absolute atomic E-state index is 0.228. The average molecular weight is 245 g/mol. The average Bonchev–Trinajstić information content (AvgIpc) is 2.83. The van der Waals surface area contributed by atoms with Crippen LogP contribution in [0, 0.1) is 6.92 Å². The van der Waals surface area contributed by atoms with E-state index in [2.05, 4.69) is 5.32 Å². The Balaban J connectivity index is 2.01. The van der Waals surface area contributed by atoms with Crippen LogP contribution in [0.5, 0.6) is 5.75 Å². The largest absolute Gasteiger partial charge is 0.496 e. The summed E-state index contributed by atoms with van der Waals surface area (Å²) >= 11 is 0. The van der Waals surface area contributed by atoms with Gasteiger partial charge in [0.2, 0.25) is 0 Å². The second kappa shape index (κ2) is 5.40. The first-order valence-electron chi connectivity index (χ1n) is 5.66. The number of rotatable bonds is 4. The van der Waals surface area contributed by atoms with Crippen molar-refractivity contribution in [2.24, 2.45) is 0 Å². The first-order valence-corrected chi connectivity index (χ1v) is 5.66. The number of carbonyl (C=O) groups excluding carboxylic acids is 1. The van der Waals surface area contributed by atoms with Gasteiger partial charge in [-0.3, -0.25) is 4.79 Å². The number of benzene rings is 1. The number of carbonyl (C=O) groups is 1. The highest BCUT2D eigenvalue weighted by molar-refractivity contribution is 5.91. The van der Waals surface area contributed by atoms with E-state index in [1.54, 1.807) is 19.4 Å². The van der Waals surface area contributed by atoms with Gasteiger partial charge in [-0.05, 0) is 24.6 Å². The summed E-state index contributed by atoms with van der Waals surface area (Å²) in [6, 6.07) is 9.27. The van der Waals surface area contributed by atoms with Gasteiger partial charge in [-0.2, -0.15) is 0 Å². The van der Waals surface area contributed by atoms with Gasteiger partial charge in [0.25, 0.3) is 5.91 Å². The number of methoxy groups -OCH3 is 1. The molecule has 0 radical (unpaired) electrons. The van der Waals surface area contributed by atoms with Crippen molar-refractivity contribution < 1.29 is 13.9 Å². The van der Waals surface area contributed by atoms with Gasteiger partial charge >= 0.3 is 0 Å². The molecule has 1 heterocycles. The van der Waals surface area contributed by atoms with Gasteiger partial charge in [-0.25, -0.2) is 0 Å². The minimum atomic E-state index is -0.228. The number of hydrogen-bond acceptors (Lipinski definition) is 3. The Morgan fingerprint density at radius 3 is 2.83 bits per heavy atom. The predicted molar refractivity (Wildman–Crippen MR) is 67.6 cm³/mol. The van der Waals surface area contributed by atoms with Crippen molar-refractivity contribution in [3.05, 3.63) is 53.5 Å². The molecule has 94 valence electrons. The van der Waals surface area contributed by atoms with Crippen molar-refractivity contribution >= 4 is 5.91 Å². The summed E-state index contributed by atoms with van der Waals surface area (Å²) in [5, 5.41) is 2.79. The zero-order valence-corrected chi connectivity index (χ0v) is 10.4. The second-order valence-electron chi connectivity index (χ2n) is 3.98. The molecule has 0 aliphatic carbocycles. The van der Waals surface area contributed by atoms with Crippen LogP contribution in [0.15, 0.2) is 41.0 Å². The maximum atomic E-state index is 11.8. The zero-order chi connectivity index (χ0) is 13.0. The van der Waals surface area contributed by atoms with Gasteiger partial charge in [-0.1, -0.05) is 18.2 Å². The van der Waals surface area contributed by atoms with Gasteiger partial charge in [0.15, 0.2) is 5.76 Å². The van der Waals surface area contributed by atoms with E-state index in [0.29, 0.717) is 12.3 Å². The first-order chi connectivity index (χ1) is 8.70. The number of amides is 1. The Kier molecular flexibility index (Phi) is 3.67. The summed E-state index contributed by atoms with van der Waals surface area (Å²) in [6.45, 7) is 2.28. The Hall–Kier alpha value is -2.23. The van der Waals surface area contributed by atoms with Crippen molar-refractivity contribution in [2.45, 2.75) is 13.5 Å². The first kappa shape index (κ1) is 12.2. The topological polar surface area (TPSA) is 51.5 Å². The van der Waals surface area contributed by atoms with Crippen LogP contribution in [-0.2, 0) is 6.54 Å². The molecule has 0 atom stereocenters. The van der Waals surface area contributed by atoms with E-state index in [-0.39, 0.29) is 5.91 Å². The molecule has 0 saturated heterocycles. The fraction of sp³-hybridized carbons (Fsp3) is 0.214. The van der Waals surface area contributed by atoms with Crippen molar-refractivity contribution in [1.82, 2.24) is 5.32 Å². The molecule has 0 bridgehead atoms. The maximum Gasteiger partial charge on any atom is 0.287 e. The lowest BCUT2D eigenvalue weighted by Crippen LogP contribution is -2.22. The number of furan rings is 1. The van der Waals surface area contributed by atoms with E-state index in [4.69, 9.17) is 9.15 Å². The Morgan fingerprint density at radius 1 is 1.39 bits per heavy atom. The Bertz CT molecular complexity index is 545. The van der Waals surface area contributed by atoms with Crippen molar-refractivity contribution in [2.75, 3.05) is 7.11 Å². The molecule has 2 aromatic rings. The second-order valence-corrected chi connectivity index (χ2v) is 3.98. The summed E-state index contributed by atoms with van der Waals surface area (Å²) < 4.78 is 10.3. The van der Waals surface area contributed by atoms with Crippen LogP contribution in [0.1, 0.15) is 21.7 Å². The molecule has 1 amide bonds. The molecule has 1 aromatic heterocycles. The fourth-order valence-corrected chi connectivity index (χ4v) is 1.66. The molecule has 0 aliphatic heterocycles. The van der Waals surface area contributed by atoms with Crippen LogP contribution in [-0.4, -0.2) is 13.0 Å². The summed E-state index contributed by atoms with van der Waals surface area (Å²) in [5.74, 6) is 0.852. The van der Waals surface area contributed by atoms with Crippen LogP contribution in [0.2, 0.25) is 0 Å². The molecule has 0 aliphatic rings. The van der Waals surface area contributed by atoms with E-state index in [1.807, 2.05) is 31.2 Å². The highest BCUT2D eigenvalue weighted by Gasteiger charge is 2.10. The van der Waals surface area contributed by atoms with Gasteiger partial charge in [-0.15, -0.1) is 0 Å². The molecule has 0 spiro atoms. The SMILES string of the molecule is COc1ccccc1CNC(=O)c1cc(C)co1. The summed E-state index contributed by atoms with van der Waals surface area (Å²) in [6.07, 6.45) is 1.55. The molecule has 4 nitrogen and oxygen atoms in total. The number of nitrogens with one attached hydrogen (secondary N) is 1. The van der Waals surface area contributed by atoms with E-state index >= 15 is 0 Å². The third-order valence-electron chi connectivity index (χ3n) is 2.59. The van der Waals surface area contributed by atoms with E-state index < -0.39 is 0 Å². The number of ether oxygens (including phenoxy) is 1. The van der Waals surface area contributed by atoms with Crippen molar-refractivity contribution in [1.29, 1.82) is 0 Å². The highest BCUT2D eigenvalue weighted by atomic mass is 16.5. The Morgan fingerprint density at radius 2 is 2.17 bits per heavy atom. The normalized spacial score (nSPS) is 10.1. The maximum absolute atomic E-state index is 11.8. The van der Waals surface area contributed by atoms with E-state index in [1.165, 1.54) is 0 Å². The minimum Gasteiger partial charge on any atom is -0.496 e. The van der Waals surface area contributed by atoms with Crippen LogP contribution in [0.25, 0.3) is 0 Å². The molecule has 0 fully saturated rings. The zero-order valence-electron chi connectivity index (χ0n) is 10.4. The molecule has 2 rings (SSSR count). The monoisotopic (exact) mass is 245 g/mol. The van der Waals surface area contributed by atoms with Crippen LogP contribution in [0.3, 0.4) is 0 Å². The van der Waals surface area contributed by atoms with Crippen LogP contribution in [0.4, 0.5) is 0 Å². The lowest BCUT2D eigenvalue weighted by Gasteiger charge is -2.08. The molecule has 0 saturated carbocycles. The fourth-order valence-electron chi connectivity index (χ4n) is 1.66. The highest BCUT2D eigenvalue weighted by Crippen LogP contribution is 2.17. The third-order valence-corrected chi connectivity index (χ3v) is 2.59. The van der Waals surface area contributed by atoms with Gasteiger partial charge in [0.05, 0.1) is 13.4 Å². The molecule has 0 unspecified atom stereocenters. The summed E-state index contributed by atoms with van der Waals surface area (Å²) in [7, 11) is 1.61. The molecular weight excluding hydrogens is 230 g/mol. The lowest BCUT2D eigenvalue weighted by atomic mass is 10.2. The Labute approximate surface area is 106 Å². The summed E-state index contributed by atoms with van der Waals surface area (Å²) in [4.78, 5) is 11.8. The van der Waals surface area contributed by atoms with Crippen LogP contribution < -0.4 is 10.1 Å². The standard InChI is InChI=1S/C14H15NO3/c1-10-7-13(18-9-10)14(16)15-8-11-5-3-4-6-12(11)17-2/h3-7,9H,8H2,1-2H3,(H,15,16). The molecule has 1 N–H and O–H groups in total. The molecular formula is C14H15NO3. The van der Waals surface area contributed by atoms with E-state index in [9.17, 15) is 4.79 Å². The predicted octanol–water partition coefficient (Wildman–Crippen LogP) is 2.53. The van der Waals surface area contributed by atoms with Crippen molar-refractivity contribution in [3.8, 4) is 5.75 Å². The van der Waals surface area contributed by atoms with Gasteiger partial charge < -0.3 is 14.5 Å². The van der Waals surface area contributed by atoms with Gasteiger partial charge in [0.1, 0.15) is 5.75 Å². The third kappa shape index (κ3) is 2.71.